The molecule has 184 valence electrons. The third-order valence-corrected chi connectivity index (χ3v) is 6.77. The number of hydrogen-bond donors (Lipinski definition) is 0. The van der Waals surface area contributed by atoms with E-state index in [0.717, 1.165) is 38.9 Å². The van der Waals surface area contributed by atoms with Gasteiger partial charge >= 0.3 is 0 Å². The maximum atomic E-state index is 9.45. The number of benzene rings is 5. The number of nitriles is 1. The van der Waals surface area contributed by atoms with Crippen LogP contribution in [0.15, 0.2) is 127 Å². The van der Waals surface area contributed by atoms with E-state index in [4.69, 9.17) is 26.6 Å². The van der Waals surface area contributed by atoms with Gasteiger partial charge in [0, 0.05) is 27.3 Å². The standard InChI is InChI=1S/C34H21ClN4/c35-31-19-18-23(22-36)20-30(31)29-17-8-7-16-28(29)26-14-9-15-27(21-26)34-38-32(24-10-3-1-4-11-24)37-33(39-34)25-12-5-2-6-13-25/h1-21H. The van der Waals surface area contributed by atoms with E-state index >= 15 is 0 Å². The van der Waals surface area contributed by atoms with Crippen LogP contribution in [0.5, 0.6) is 0 Å². The Kier molecular flexibility index (Phi) is 6.66. The van der Waals surface area contributed by atoms with Crippen LogP contribution in [-0.4, -0.2) is 15.0 Å². The van der Waals surface area contributed by atoms with E-state index in [0.29, 0.717) is 28.1 Å². The summed E-state index contributed by atoms with van der Waals surface area (Å²) < 4.78 is 0. The Morgan fingerprint density at radius 1 is 0.462 bits per heavy atom. The molecular weight excluding hydrogens is 500 g/mol. The summed E-state index contributed by atoms with van der Waals surface area (Å²) in [6.45, 7) is 0. The normalized spacial score (nSPS) is 10.7. The summed E-state index contributed by atoms with van der Waals surface area (Å²) in [4.78, 5) is 14.5. The van der Waals surface area contributed by atoms with Crippen LogP contribution in [0.2, 0.25) is 5.02 Å². The van der Waals surface area contributed by atoms with E-state index in [2.05, 4.69) is 24.3 Å². The molecule has 4 nitrogen and oxygen atoms in total. The second kappa shape index (κ2) is 10.7. The minimum atomic E-state index is 0.560. The number of hydrogen-bond acceptors (Lipinski definition) is 4. The van der Waals surface area contributed by atoms with E-state index in [9.17, 15) is 5.26 Å². The molecule has 0 fully saturated rings. The first-order valence-corrected chi connectivity index (χ1v) is 12.8. The molecule has 0 saturated heterocycles. The summed E-state index contributed by atoms with van der Waals surface area (Å²) in [5.41, 5.74) is 7.03. The Morgan fingerprint density at radius 3 is 1.59 bits per heavy atom. The Hall–Kier alpha value is -5.11. The Morgan fingerprint density at radius 2 is 0.974 bits per heavy atom. The summed E-state index contributed by atoms with van der Waals surface area (Å²) in [6.07, 6.45) is 0. The molecule has 0 aliphatic rings. The lowest BCUT2D eigenvalue weighted by Gasteiger charge is -2.13. The lowest BCUT2D eigenvalue weighted by molar-refractivity contribution is 1.07. The topological polar surface area (TPSA) is 62.5 Å². The van der Waals surface area contributed by atoms with Crippen molar-refractivity contribution < 1.29 is 0 Å². The Bertz CT molecular complexity index is 1770. The average Bonchev–Trinajstić information content (AvgIpc) is 3.02. The lowest BCUT2D eigenvalue weighted by atomic mass is 9.93. The zero-order chi connectivity index (χ0) is 26.6. The molecule has 0 bridgehead atoms. The molecule has 1 aromatic heterocycles. The number of halogens is 1. The smallest absolute Gasteiger partial charge is 0.164 e. The number of aromatic nitrogens is 3. The molecule has 0 amide bonds. The molecule has 39 heavy (non-hydrogen) atoms. The summed E-state index contributed by atoms with van der Waals surface area (Å²) >= 11 is 6.59. The van der Waals surface area contributed by atoms with E-state index in [1.54, 1.807) is 12.1 Å². The fourth-order valence-electron chi connectivity index (χ4n) is 4.53. The number of rotatable bonds is 5. The van der Waals surface area contributed by atoms with Gasteiger partial charge in [0.25, 0.3) is 0 Å². The van der Waals surface area contributed by atoms with Crippen molar-refractivity contribution in [2.24, 2.45) is 0 Å². The molecule has 0 saturated carbocycles. The van der Waals surface area contributed by atoms with Gasteiger partial charge in [0.2, 0.25) is 0 Å². The summed E-state index contributed by atoms with van der Waals surface area (Å²) in [5, 5.41) is 10.0. The van der Waals surface area contributed by atoms with Crippen molar-refractivity contribution in [2.45, 2.75) is 0 Å². The molecule has 0 aliphatic heterocycles. The van der Waals surface area contributed by atoms with Crippen LogP contribution < -0.4 is 0 Å². The van der Waals surface area contributed by atoms with Crippen LogP contribution in [0.25, 0.3) is 56.4 Å². The second-order valence-corrected chi connectivity index (χ2v) is 9.38. The zero-order valence-electron chi connectivity index (χ0n) is 20.8. The van der Waals surface area contributed by atoms with Crippen LogP contribution in [0, 0.1) is 11.3 Å². The summed E-state index contributed by atoms with van der Waals surface area (Å²) in [5.74, 6) is 1.82. The van der Waals surface area contributed by atoms with Crippen molar-refractivity contribution in [3.8, 4) is 62.5 Å². The molecule has 0 atom stereocenters. The van der Waals surface area contributed by atoms with Gasteiger partial charge in [-0.25, -0.2) is 15.0 Å². The highest BCUT2D eigenvalue weighted by atomic mass is 35.5. The molecule has 5 heteroatoms. The van der Waals surface area contributed by atoms with Gasteiger partial charge in [0.1, 0.15) is 0 Å². The molecule has 0 N–H and O–H groups in total. The largest absolute Gasteiger partial charge is 0.208 e. The van der Waals surface area contributed by atoms with E-state index in [1.165, 1.54) is 0 Å². The maximum absolute atomic E-state index is 9.45. The van der Waals surface area contributed by atoms with E-state index in [-0.39, 0.29) is 0 Å². The molecule has 1 heterocycles. The highest BCUT2D eigenvalue weighted by Gasteiger charge is 2.15. The lowest BCUT2D eigenvalue weighted by Crippen LogP contribution is -2.00. The Labute approximate surface area is 231 Å². The zero-order valence-corrected chi connectivity index (χ0v) is 21.5. The van der Waals surface area contributed by atoms with Gasteiger partial charge in [-0.05, 0) is 41.0 Å². The third-order valence-electron chi connectivity index (χ3n) is 6.44. The first-order chi connectivity index (χ1) is 19.2. The van der Waals surface area contributed by atoms with Crippen LogP contribution >= 0.6 is 11.6 Å². The average molecular weight is 521 g/mol. The van der Waals surface area contributed by atoms with Gasteiger partial charge in [-0.3, -0.25) is 0 Å². The molecule has 5 aromatic carbocycles. The molecular formula is C34H21ClN4. The Balaban J connectivity index is 1.50. The first kappa shape index (κ1) is 24.2. The maximum Gasteiger partial charge on any atom is 0.164 e. The van der Waals surface area contributed by atoms with Gasteiger partial charge in [-0.2, -0.15) is 5.26 Å². The van der Waals surface area contributed by atoms with Crippen molar-refractivity contribution in [3.63, 3.8) is 0 Å². The van der Waals surface area contributed by atoms with Crippen LogP contribution in [0.1, 0.15) is 5.56 Å². The molecule has 6 aromatic rings. The van der Waals surface area contributed by atoms with Gasteiger partial charge in [0.15, 0.2) is 17.5 Å². The van der Waals surface area contributed by atoms with Crippen LogP contribution in [0.3, 0.4) is 0 Å². The van der Waals surface area contributed by atoms with Gasteiger partial charge in [-0.1, -0.05) is 115 Å². The molecule has 0 unspecified atom stereocenters. The predicted molar refractivity (Wildman–Crippen MR) is 157 cm³/mol. The van der Waals surface area contributed by atoms with E-state index < -0.39 is 0 Å². The minimum absolute atomic E-state index is 0.560. The molecule has 0 aliphatic carbocycles. The fourth-order valence-corrected chi connectivity index (χ4v) is 4.75. The molecule has 0 spiro atoms. The quantitative estimate of drug-likeness (QED) is 0.228. The van der Waals surface area contributed by atoms with Crippen LogP contribution in [-0.2, 0) is 0 Å². The second-order valence-electron chi connectivity index (χ2n) is 8.97. The van der Waals surface area contributed by atoms with Crippen LogP contribution in [0.4, 0.5) is 0 Å². The van der Waals surface area contributed by atoms with Crippen molar-refractivity contribution in [3.05, 3.63) is 138 Å². The SMILES string of the molecule is N#Cc1ccc(Cl)c(-c2ccccc2-c2cccc(-c3nc(-c4ccccc4)nc(-c4ccccc4)n3)c2)c1. The monoisotopic (exact) mass is 520 g/mol. The first-order valence-electron chi connectivity index (χ1n) is 12.5. The minimum Gasteiger partial charge on any atom is -0.208 e. The third kappa shape index (κ3) is 5.04. The number of nitrogens with zero attached hydrogens (tertiary/aromatic N) is 4. The van der Waals surface area contributed by atoms with Crippen molar-refractivity contribution in [1.82, 2.24) is 15.0 Å². The molecule has 0 radical (unpaired) electrons. The van der Waals surface area contributed by atoms with Crippen molar-refractivity contribution in [1.29, 1.82) is 5.26 Å². The van der Waals surface area contributed by atoms with Crippen molar-refractivity contribution >= 4 is 11.6 Å². The van der Waals surface area contributed by atoms with Crippen molar-refractivity contribution in [2.75, 3.05) is 0 Å². The van der Waals surface area contributed by atoms with Gasteiger partial charge in [-0.15, -0.1) is 0 Å². The fraction of sp³-hybridized carbons (Fsp3) is 0. The van der Waals surface area contributed by atoms with Gasteiger partial charge < -0.3 is 0 Å². The van der Waals surface area contributed by atoms with E-state index in [1.807, 2.05) is 97.1 Å². The van der Waals surface area contributed by atoms with Gasteiger partial charge in [0.05, 0.1) is 11.6 Å². The highest BCUT2D eigenvalue weighted by molar-refractivity contribution is 6.33. The summed E-state index contributed by atoms with van der Waals surface area (Å²) in [6, 6.07) is 43.6. The predicted octanol–water partition coefficient (Wildman–Crippen LogP) is 8.73. The summed E-state index contributed by atoms with van der Waals surface area (Å²) in [7, 11) is 0. The highest BCUT2D eigenvalue weighted by Crippen LogP contribution is 2.37. The molecule has 6 rings (SSSR count).